The topological polar surface area (TPSA) is 103 Å². The predicted molar refractivity (Wildman–Crippen MR) is 144 cm³/mol. The average Bonchev–Trinajstić information content (AvgIpc) is 2.75. The minimum absolute atomic E-state index is 0. The summed E-state index contributed by atoms with van der Waals surface area (Å²) < 4.78 is 38.7. The smallest absolute Gasteiger partial charge is 0.218 e. The third-order valence-electron chi connectivity index (χ3n) is 6.53. The van der Waals surface area contributed by atoms with Crippen LogP contribution in [0.5, 0.6) is 0 Å². The van der Waals surface area contributed by atoms with Gasteiger partial charge in [0.1, 0.15) is 0 Å². The first kappa shape index (κ1) is 33.0. The number of quaternary nitrogens is 1. The first-order valence-corrected chi connectivity index (χ1v) is 14.9. The van der Waals surface area contributed by atoms with E-state index < -0.39 is 16.0 Å². The molecule has 0 heterocycles. The van der Waals surface area contributed by atoms with Crippen LogP contribution in [0, 0.1) is 0 Å². The Morgan fingerprint density at radius 3 is 1.47 bits per heavy atom. The zero-order valence-corrected chi connectivity index (χ0v) is 23.2. The lowest BCUT2D eigenvalue weighted by Crippen LogP contribution is -2.34. The van der Waals surface area contributed by atoms with Crippen LogP contribution in [0.4, 0.5) is 0 Å². The van der Waals surface area contributed by atoms with Crippen molar-refractivity contribution in [1.29, 1.82) is 0 Å². The van der Waals surface area contributed by atoms with Crippen molar-refractivity contribution in [2.75, 3.05) is 0 Å². The molecule has 4 N–H and O–H groups in total. The Labute approximate surface area is 211 Å². The van der Waals surface area contributed by atoms with Crippen molar-refractivity contribution in [3.05, 3.63) is 35.9 Å². The zero-order chi connectivity index (χ0) is 24.3. The highest BCUT2D eigenvalue weighted by Crippen LogP contribution is 2.26. The summed E-state index contributed by atoms with van der Waals surface area (Å²) in [6, 6.07) is 9.62. The highest BCUT2D eigenvalue weighted by molar-refractivity contribution is 7.80. The molecule has 0 amide bonds. The number of unbranched alkanes of at least 4 members (excludes halogenated alkanes) is 16. The van der Waals surface area contributed by atoms with E-state index >= 15 is 0 Å². The standard InChI is InChI=1S/C28H50O4S.H3N/c1-3-4-5-6-7-8-9-10-11-12-13-14-15-16-17-18-22-25-28(2,32-33(29,30)31)26-27-23-20-19-21-24-27;/h19-21,23-24H,3-18,22,25-26H2,1-2H3,(H,29,30,31);1H3. The molecule has 0 saturated carbocycles. The molecular formula is C28H53NO4S. The van der Waals surface area contributed by atoms with Crippen LogP contribution in [0.2, 0.25) is 0 Å². The Balaban J connectivity index is 0.0000109. The minimum Gasteiger partial charge on any atom is -0.726 e. The van der Waals surface area contributed by atoms with Gasteiger partial charge in [-0.2, -0.15) is 0 Å². The van der Waals surface area contributed by atoms with Crippen LogP contribution in [0.3, 0.4) is 0 Å². The van der Waals surface area contributed by atoms with Gasteiger partial charge in [-0.15, -0.1) is 0 Å². The largest absolute Gasteiger partial charge is 0.726 e. The summed E-state index contributed by atoms with van der Waals surface area (Å²) in [6.07, 6.45) is 23.2. The molecule has 1 unspecified atom stereocenters. The number of hydrogen-bond donors (Lipinski definition) is 1. The van der Waals surface area contributed by atoms with Crippen molar-refractivity contribution in [3.63, 3.8) is 0 Å². The molecule has 34 heavy (non-hydrogen) atoms. The maximum atomic E-state index is 11.2. The second-order valence-electron chi connectivity index (χ2n) is 10.0. The van der Waals surface area contributed by atoms with Gasteiger partial charge in [-0.1, -0.05) is 146 Å². The van der Waals surface area contributed by atoms with Crippen LogP contribution in [-0.4, -0.2) is 18.6 Å². The van der Waals surface area contributed by atoms with Gasteiger partial charge < -0.3 is 10.7 Å². The van der Waals surface area contributed by atoms with E-state index in [1.807, 2.05) is 30.3 Å². The normalized spacial score (nSPS) is 13.4. The van der Waals surface area contributed by atoms with E-state index in [9.17, 15) is 13.0 Å². The maximum absolute atomic E-state index is 11.2. The molecule has 1 aromatic carbocycles. The van der Waals surface area contributed by atoms with Crippen LogP contribution in [-0.2, 0) is 21.0 Å². The van der Waals surface area contributed by atoms with Gasteiger partial charge in [0, 0.05) is 6.42 Å². The fraction of sp³-hybridized carbons (Fsp3) is 0.786. The van der Waals surface area contributed by atoms with Crippen molar-refractivity contribution in [1.82, 2.24) is 6.15 Å². The number of hydrogen-bond acceptors (Lipinski definition) is 4. The first-order chi connectivity index (χ1) is 15.8. The molecule has 0 aliphatic heterocycles. The van der Waals surface area contributed by atoms with Crippen LogP contribution in [0.25, 0.3) is 0 Å². The van der Waals surface area contributed by atoms with Gasteiger partial charge >= 0.3 is 0 Å². The van der Waals surface area contributed by atoms with Crippen LogP contribution < -0.4 is 6.15 Å². The molecule has 0 spiro atoms. The van der Waals surface area contributed by atoms with Crippen LogP contribution in [0.15, 0.2) is 30.3 Å². The number of benzene rings is 1. The summed E-state index contributed by atoms with van der Waals surface area (Å²) in [4.78, 5) is 0. The molecule has 0 aliphatic rings. The van der Waals surface area contributed by atoms with Gasteiger partial charge in [-0.25, -0.2) is 8.42 Å². The van der Waals surface area contributed by atoms with E-state index in [-0.39, 0.29) is 6.15 Å². The lowest BCUT2D eigenvalue weighted by Gasteiger charge is -2.30. The van der Waals surface area contributed by atoms with Crippen molar-refractivity contribution in [2.45, 2.75) is 141 Å². The van der Waals surface area contributed by atoms with E-state index in [2.05, 4.69) is 6.92 Å². The maximum Gasteiger partial charge on any atom is 0.218 e. The number of rotatable bonds is 22. The second kappa shape index (κ2) is 20.3. The van der Waals surface area contributed by atoms with Gasteiger partial charge in [-0.05, 0) is 18.9 Å². The van der Waals surface area contributed by atoms with E-state index in [0.717, 1.165) is 24.8 Å². The second-order valence-corrected chi connectivity index (χ2v) is 11.0. The summed E-state index contributed by atoms with van der Waals surface area (Å²) in [5, 5.41) is 0. The van der Waals surface area contributed by atoms with E-state index in [1.54, 1.807) is 6.92 Å². The summed E-state index contributed by atoms with van der Waals surface area (Å²) in [7, 11) is -4.72. The molecule has 6 heteroatoms. The zero-order valence-electron chi connectivity index (χ0n) is 22.4. The summed E-state index contributed by atoms with van der Waals surface area (Å²) in [5.74, 6) is 0. The van der Waals surface area contributed by atoms with Crippen LogP contribution >= 0.6 is 0 Å². The third kappa shape index (κ3) is 19.4. The minimum atomic E-state index is -4.72. The first-order valence-electron chi connectivity index (χ1n) is 13.5. The Bertz CT molecular complexity index is 681. The van der Waals surface area contributed by atoms with Crippen molar-refractivity contribution < 1.29 is 17.2 Å². The van der Waals surface area contributed by atoms with Crippen molar-refractivity contribution in [3.8, 4) is 0 Å². The Kier molecular flexibility index (Phi) is 19.7. The van der Waals surface area contributed by atoms with E-state index in [0.29, 0.717) is 12.8 Å². The van der Waals surface area contributed by atoms with E-state index in [1.165, 1.54) is 89.9 Å². The Morgan fingerprint density at radius 2 is 1.09 bits per heavy atom. The molecule has 0 radical (unpaired) electrons. The molecule has 0 saturated heterocycles. The molecule has 0 aromatic heterocycles. The summed E-state index contributed by atoms with van der Waals surface area (Å²) >= 11 is 0. The SMILES string of the molecule is CCCCCCCCCCCCCCCCCCCC(C)(Cc1ccccc1)OS(=O)(=O)[O-].[NH4+]. The van der Waals surface area contributed by atoms with E-state index in [4.69, 9.17) is 4.18 Å². The van der Waals surface area contributed by atoms with Crippen molar-refractivity contribution in [2.24, 2.45) is 0 Å². The molecule has 1 aromatic rings. The fourth-order valence-electron chi connectivity index (χ4n) is 4.66. The fourth-order valence-corrected chi connectivity index (χ4v) is 5.29. The molecule has 1 rings (SSSR count). The quantitative estimate of drug-likeness (QED) is 0.0976. The van der Waals surface area contributed by atoms with Crippen LogP contribution in [0.1, 0.15) is 135 Å². The lowest BCUT2D eigenvalue weighted by atomic mass is 9.90. The van der Waals surface area contributed by atoms with Gasteiger partial charge in [0.25, 0.3) is 0 Å². The Morgan fingerprint density at radius 1 is 0.706 bits per heavy atom. The van der Waals surface area contributed by atoms with Gasteiger partial charge in [-0.3, -0.25) is 4.18 Å². The van der Waals surface area contributed by atoms with Gasteiger partial charge in [0.15, 0.2) is 0 Å². The highest BCUT2D eigenvalue weighted by atomic mass is 32.3. The molecule has 0 bridgehead atoms. The van der Waals surface area contributed by atoms with Crippen molar-refractivity contribution >= 4 is 10.4 Å². The summed E-state index contributed by atoms with van der Waals surface area (Å²) in [5.41, 5.74) is 0.00730. The average molecular weight is 500 g/mol. The Hall–Kier alpha value is -0.950. The summed E-state index contributed by atoms with van der Waals surface area (Å²) in [6.45, 7) is 4.01. The lowest BCUT2D eigenvalue weighted by molar-refractivity contribution is 0.0674. The molecular weight excluding hydrogens is 446 g/mol. The monoisotopic (exact) mass is 499 g/mol. The molecule has 0 fully saturated rings. The molecule has 5 nitrogen and oxygen atoms in total. The molecule has 0 aliphatic carbocycles. The predicted octanol–water partition coefficient (Wildman–Crippen LogP) is 8.88. The molecule has 1 atom stereocenters. The van der Waals surface area contributed by atoms with Gasteiger partial charge in [0.05, 0.1) is 5.60 Å². The molecule has 200 valence electrons. The highest BCUT2D eigenvalue weighted by Gasteiger charge is 2.28. The van der Waals surface area contributed by atoms with Gasteiger partial charge in [0.2, 0.25) is 10.4 Å². The third-order valence-corrected chi connectivity index (χ3v) is 7.14.